The van der Waals surface area contributed by atoms with Crippen molar-refractivity contribution in [1.29, 1.82) is 5.26 Å². The summed E-state index contributed by atoms with van der Waals surface area (Å²) in [6.07, 6.45) is 4.21. The number of hydrogen-bond acceptors (Lipinski definition) is 5. The first-order valence-electron chi connectivity index (χ1n) is 9.59. The average Bonchev–Trinajstić information content (AvgIpc) is 2.78. The monoisotopic (exact) mass is 384 g/mol. The summed E-state index contributed by atoms with van der Waals surface area (Å²) in [6.45, 7) is 2.42. The zero-order valence-electron chi connectivity index (χ0n) is 16.1. The van der Waals surface area contributed by atoms with Crippen LogP contribution in [0, 0.1) is 11.3 Å². The van der Waals surface area contributed by atoms with E-state index < -0.39 is 0 Å². The SMILES string of the molecule is CCc1cc2c(cc1O[C@@H](c1ccncc1)c1ccc(C#N)cc1)OCCC2=O. The summed E-state index contributed by atoms with van der Waals surface area (Å²) in [7, 11) is 0. The molecule has 0 fully saturated rings. The third-order valence-corrected chi connectivity index (χ3v) is 5.03. The molecule has 0 saturated heterocycles. The van der Waals surface area contributed by atoms with E-state index in [0.29, 0.717) is 35.7 Å². The lowest BCUT2D eigenvalue weighted by molar-refractivity contribution is 0.0933. The molecule has 1 aliphatic heterocycles. The van der Waals surface area contributed by atoms with Crippen molar-refractivity contribution in [2.45, 2.75) is 25.9 Å². The zero-order chi connectivity index (χ0) is 20.2. The predicted molar refractivity (Wildman–Crippen MR) is 108 cm³/mol. The third kappa shape index (κ3) is 3.83. The molecule has 29 heavy (non-hydrogen) atoms. The van der Waals surface area contributed by atoms with Crippen molar-refractivity contribution >= 4 is 5.78 Å². The van der Waals surface area contributed by atoms with Crippen LogP contribution < -0.4 is 9.47 Å². The molecule has 0 aliphatic carbocycles. The van der Waals surface area contributed by atoms with E-state index in [-0.39, 0.29) is 11.9 Å². The highest BCUT2D eigenvalue weighted by atomic mass is 16.5. The van der Waals surface area contributed by atoms with Crippen molar-refractivity contribution in [1.82, 2.24) is 4.98 Å². The first-order valence-corrected chi connectivity index (χ1v) is 9.59. The normalized spacial score (nSPS) is 13.7. The first kappa shape index (κ1) is 18.7. The summed E-state index contributed by atoms with van der Waals surface area (Å²) < 4.78 is 12.2. The second-order valence-electron chi connectivity index (χ2n) is 6.84. The van der Waals surface area contributed by atoms with Crippen LogP contribution in [0.2, 0.25) is 0 Å². The summed E-state index contributed by atoms with van der Waals surface area (Å²) in [4.78, 5) is 16.3. The van der Waals surface area contributed by atoms with Gasteiger partial charge < -0.3 is 9.47 Å². The molecule has 0 radical (unpaired) electrons. The molecule has 0 spiro atoms. The molecule has 5 heteroatoms. The maximum Gasteiger partial charge on any atom is 0.170 e. The Hall–Kier alpha value is -3.65. The van der Waals surface area contributed by atoms with E-state index in [0.717, 1.165) is 23.1 Å². The minimum absolute atomic E-state index is 0.102. The van der Waals surface area contributed by atoms with Crippen LogP contribution in [0.4, 0.5) is 0 Å². The van der Waals surface area contributed by atoms with Gasteiger partial charge in [0.25, 0.3) is 0 Å². The van der Waals surface area contributed by atoms with Crippen molar-refractivity contribution in [2.24, 2.45) is 0 Å². The first-order chi connectivity index (χ1) is 14.2. The number of ketones is 1. The van der Waals surface area contributed by atoms with Crippen LogP contribution >= 0.6 is 0 Å². The molecule has 0 amide bonds. The number of Topliss-reactive ketones (excluding diaryl/α,β-unsaturated/α-hetero) is 1. The minimum atomic E-state index is -0.381. The van der Waals surface area contributed by atoms with Gasteiger partial charge in [0.1, 0.15) is 17.6 Å². The van der Waals surface area contributed by atoms with E-state index >= 15 is 0 Å². The van der Waals surface area contributed by atoms with Crippen molar-refractivity contribution in [3.63, 3.8) is 0 Å². The maximum atomic E-state index is 12.2. The minimum Gasteiger partial charge on any atom is -0.492 e. The zero-order valence-corrected chi connectivity index (χ0v) is 16.1. The quantitative estimate of drug-likeness (QED) is 0.640. The highest BCUT2D eigenvalue weighted by Crippen LogP contribution is 2.37. The number of nitriles is 1. The molecule has 0 N–H and O–H groups in total. The Morgan fingerprint density at radius 1 is 1.14 bits per heavy atom. The number of aromatic nitrogens is 1. The Bertz CT molecular complexity index is 1070. The fourth-order valence-electron chi connectivity index (χ4n) is 3.44. The molecular formula is C24H20N2O3. The lowest BCUT2D eigenvalue weighted by atomic mass is 9.98. The summed E-state index contributed by atoms with van der Waals surface area (Å²) in [5.74, 6) is 1.36. The highest BCUT2D eigenvalue weighted by molar-refractivity contribution is 6.00. The van der Waals surface area contributed by atoms with E-state index in [1.807, 2.05) is 43.3 Å². The molecule has 2 heterocycles. The van der Waals surface area contributed by atoms with Crippen LogP contribution in [0.1, 0.15) is 52.1 Å². The number of rotatable bonds is 5. The number of carbonyl (C=O) groups is 1. The van der Waals surface area contributed by atoms with E-state index in [4.69, 9.17) is 14.7 Å². The second-order valence-corrected chi connectivity index (χ2v) is 6.84. The molecule has 0 bridgehead atoms. The van der Waals surface area contributed by atoms with Gasteiger partial charge in [0, 0.05) is 24.9 Å². The molecule has 1 aromatic heterocycles. The van der Waals surface area contributed by atoms with Gasteiger partial charge in [-0.05, 0) is 53.4 Å². The fraction of sp³-hybridized carbons (Fsp3) is 0.208. The summed E-state index contributed by atoms with van der Waals surface area (Å²) >= 11 is 0. The molecule has 1 aliphatic rings. The highest BCUT2D eigenvalue weighted by Gasteiger charge is 2.23. The smallest absolute Gasteiger partial charge is 0.170 e. The lowest BCUT2D eigenvalue weighted by Crippen LogP contribution is -2.17. The van der Waals surface area contributed by atoms with Gasteiger partial charge in [-0.25, -0.2) is 0 Å². The van der Waals surface area contributed by atoms with Crippen LogP contribution in [-0.2, 0) is 6.42 Å². The Morgan fingerprint density at radius 3 is 2.55 bits per heavy atom. The van der Waals surface area contributed by atoms with Crippen molar-refractivity contribution in [3.05, 3.63) is 88.7 Å². The average molecular weight is 384 g/mol. The van der Waals surface area contributed by atoms with Gasteiger partial charge >= 0.3 is 0 Å². The number of aryl methyl sites for hydroxylation is 1. The molecule has 2 aromatic carbocycles. The van der Waals surface area contributed by atoms with Gasteiger partial charge in [0.2, 0.25) is 0 Å². The number of hydrogen-bond donors (Lipinski definition) is 0. The van der Waals surface area contributed by atoms with Gasteiger partial charge in [-0.2, -0.15) is 5.26 Å². The topological polar surface area (TPSA) is 72.2 Å². The summed E-state index contributed by atoms with van der Waals surface area (Å²) in [5, 5.41) is 9.09. The molecule has 5 nitrogen and oxygen atoms in total. The Labute approximate surface area is 169 Å². The number of carbonyl (C=O) groups excluding carboxylic acids is 1. The Kier molecular flexibility index (Phi) is 5.26. The van der Waals surface area contributed by atoms with Gasteiger partial charge in [0.15, 0.2) is 5.78 Å². The van der Waals surface area contributed by atoms with Gasteiger partial charge in [-0.15, -0.1) is 0 Å². The number of benzene rings is 2. The fourth-order valence-corrected chi connectivity index (χ4v) is 3.44. The van der Waals surface area contributed by atoms with Crippen LogP contribution in [0.3, 0.4) is 0 Å². The molecule has 0 unspecified atom stereocenters. The summed E-state index contributed by atoms with van der Waals surface area (Å²) in [6, 6.07) is 17.0. The lowest BCUT2D eigenvalue weighted by Gasteiger charge is -2.24. The van der Waals surface area contributed by atoms with E-state index in [2.05, 4.69) is 11.1 Å². The molecule has 144 valence electrons. The van der Waals surface area contributed by atoms with Crippen LogP contribution in [0.25, 0.3) is 0 Å². The predicted octanol–water partition coefficient (Wildman–Crippen LogP) is 4.65. The van der Waals surface area contributed by atoms with Gasteiger partial charge in [0.05, 0.1) is 23.8 Å². The number of ether oxygens (including phenoxy) is 2. The molecular weight excluding hydrogens is 364 g/mol. The van der Waals surface area contributed by atoms with E-state index in [9.17, 15) is 4.79 Å². The van der Waals surface area contributed by atoms with Gasteiger partial charge in [-0.3, -0.25) is 9.78 Å². The second kappa shape index (κ2) is 8.15. The van der Waals surface area contributed by atoms with E-state index in [1.54, 1.807) is 24.5 Å². The van der Waals surface area contributed by atoms with Crippen LogP contribution in [-0.4, -0.2) is 17.4 Å². The van der Waals surface area contributed by atoms with Crippen molar-refractivity contribution < 1.29 is 14.3 Å². The maximum absolute atomic E-state index is 12.2. The standard InChI is InChI=1S/C24H20N2O3/c1-2-17-13-20-21(27)9-12-28-23(20)14-22(17)29-24(19-7-10-26-11-8-19)18-5-3-16(15-25)4-6-18/h3-8,10-11,13-14,24H,2,9,12H2,1H3/t24-/m1/s1. The van der Waals surface area contributed by atoms with Crippen LogP contribution in [0.5, 0.6) is 11.5 Å². The molecule has 3 aromatic rings. The Morgan fingerprint density at radius 2 is 1.86 bits per heavy atom. The van der Waals surface area contributed by atoms with Crippen LogP contribution in [0.15, 0.2) is 60.9 Å². The van der Waals surface area contributed by atoms with E-state index in [1.165, 1.54) is 0 Å². The molecule has 4 rings (SSSR count). The largest absolute Gasteiger partial charge is 0.492 e. The van der Waals surface area contributed by atoms with Crippen molar-refractivity contribution in [2.75, 3.05) is 6.61 Å². The number of nitrogens with zero attached hydrogens (tertiary/aromatic N) is 2. The number of pyridine rings is 1. The summed E-state index contributed by atoms with van der Waals surface area (Å²) in [5.41, 5.74) is 4.04. The molecule has 0 saturated carbocycles. The van der Waals surface area contributed by atoms with Crippen molar-refractivity contribution in [3.8, 4) is 17.6 Å². The third-order valence-electron chi connectivity index (χ3n) is 5.03. The number of fused-ring (bicyclic) bond motifs is 1. The van der Waals surface area contributed by atoms with Gasteiger partial charge in [-0.1, -0.05) is 19.1 Å². The Balaban J connectivity index is 1.76. The molecule has 1 atom stereocenters.